The summed E-state index contributed by atoms with van der Waals surface area (Å²) in [6, 6.07) is 9.52. The summed E-state index contributed by atoms with van der Waals surface area (Å²) in [4.78, 5) is 35.9. The molecule has 0 unspecified atom stereocenters. The standard InChI is InChI=1S/C19H19ClN2O5/c1-12-4-5-15(13(2)8-12)10-21(3)18(23)11-27-19(24)14-6-7-16(20)17(9-14)22(25)26/h4-9H,10-11H2,1-3H3. The molecule has 0 bridgehead atoms. The SMILES string of the molecule is Cc1ccc(CN(C)C(=O)COC(=O)c2ccc(Cl)c([N+](=O)[O-])c2)c(C)c1. The lowest BCUT2D eigenvalue weighted by atomic mass is 10.1. The van der Waals surface area contributed by atoms with Crippen LogP contribution in [0.15, 0.2) is 36.4 Å². The first-order chi connectivity index (χ1) is 12.7. The zero-order valence-electron chi connectivity index (χ0n) is 15.2. The van der Waals surface area contributed by atoms with Gasteiger partial charge in [0.05, 0.1) is 10.5 Å². The van der Waals surface area contributed by atoms with Gasteiger partial charge in [0, 0.05) is 19.7 Å². The van der Waals surface area contributed by atoms with Crippen molar-refractivity contribution in [2.75, 3.05) is 13.7 Å². The summed E-state index contributed by atoms with van der Waals surface area (Å²) >= 11 is 5.71. The van der Waals surface area contributed by atoms with E-state index in [1.165, 1.54) is 17.0 Å². The van der Waals surface area contributed by atoms with Crippen LogP contribution in [-0.4, -0.2) is 35.4 Å². The number of benzene rings is 2. The number of nitrogens with zero attached hydrogens (tertiary/aromatic N) is 2. The van der Waals surface area contributed by atoms with Gasteiger partial charge in [-0.2, -0.15) is 0 Å². The molecule has 0 fully saturated rings. The maximum atomic E-state index is 12.2. The second-order valence-corrected chi connectivity index (χ2v) is 6.59. The number of hydrogen-bond acceptors (Lipinski definition) is 5. The third kappa shape index (κ3) is 5.27. The first kappa shape index (κ1) is 20.4. The molecule has 0 saturated carbocycles. The first-order valence-electron chi connectivity index (χ1n) is 8.10. The number of nitro benzene ring substituents is 1. The predicted molar refractivity (Wildman–Crippen MR) is 101 cm³/mol. The molecule has 0 aliphatic heterocycles. The largest absolute Gasteiger partial charge is 0.452 e. The number of rotatable bonds is 6. The number of ether oxygens (including phenoxy) is 1. The van der Waals surface area contributed by atoms with Gasteiger partial charge >= 0.3 is 5.97 Å². The molecule has 0 aliphatic carbocycles. The van der Waals surface area contributed by atoms with Crippen molar-refractivity contribution >= 4 is 29.2 Å². The topological polar surface area (TPSA) is 89.8 Å². The van der Waals surface area contributed by atoms with Crippen LogP contribution in [-0.2, 0) is 16.1 Å². The van der Waals surface area contributed by atoms with Crippen LogP contribution < -0.4 is 0 Å². The van der Waals surface area contributed by atoms with Crippen LogP contribution in [0, 0.1) is 24.0 Å². The van der Waals surface area contributed by atoms with Crippen molar-refractivity contribution in [1.29, 1.82) is 0 Å². The number of aryl methyl sites for hydroxylation is 2. The van der Waals surface area contributed by atoms with Crippen molar-refractivity contribution in [3.8, 4) is 0 Å². The predicted octanol–water partition coefficient (Wildman–Crippen LogP) is 3.68. The quantitative estimate of drug-likeness (QED) is 0.426. The van der Waals surface area contributed by atoms with E-state index in [2.05, 4.69) is 0 Å². The molecule has 0 heterocycles. The Morgan fingerprint density at radius 2 is 1.89 bits per heavy atom. The van der Waals surface area contributed by atoms with Gasteiger partial charge in [-0.1, -0.05) is 35.4 Å². The highest BCUT2D eigenvalue weighted by Gasteiger charge is 2.19. The monoisotopic (exact) mass is 390 g/mol. The molecule has 8 heteroatoms. The number of hydrogen-bond donors (Lipinski definition) is 0. The molecule has 2 aromatic rings. The Hall–Kier alpha value is -2.93. The molecule has 2 aromatic carbocycles. The Balaban J connectivity index is 1.97. The number of likely N-dealkylation sites (N-methyl/N-ethyl adjacent to an activating group) is 1. The lowest BCUT2D eigenvalue weighted by molar-refractivity contribution is -0.384. The summed E-state index contributed by atoms with van der Waals surface area (Å²) in [5.74, 6) is -1.21. The Morgan fingerprint density at radius 3 is 2.52 bits per heavy atom. The molecule has 1 amide bonds. The number of halogens is 1. The Bertz CT molecular complexity index is 898. The van der Waals surface area contributed by atoms with Gasteiger partial charge in [-0.15, -0.1) is 0 Å². The van der Waals surface area contributed by atoms with E-state index in [0.717, 1.165) is 22.8 Å². The molecular formula is C19H19ClN2O5. The molecule has 0 aromatic heterocycles. The van der Waals surface area contributed by atoms with E-state index in [1.807, 2.05) is 32.0 Å². The molecule has 0 aliphatic rings. The molecule has 0 atom stereocenters. The van der Waals surface area contributed by atoms with Crippen LogP contribution in [0.25, 0.3) is 0 Å². The van der Waals surface area contributed by atoms with Gasteiger partial charge in [0.15, 0.2) is 6.61 Å². The van der Waals surface area contributed by atoms with E-state index in [-0.39, 0.29) is 16.5 Å². The summed E-state index contributed by atoms with van der Waals surface area (Å²) in [6.07, 6.45) is 0. The molecule has 27 heavy (non-hydrogen) atoms. The van der Waals surface area contributed by atoms with Crippen LogP contribution in [0.2, 0.25) is 5.02 Å². The second kappa shape index (κ2) is 8.64. The molecule has 0 radical (unpaired) electrons. The normalized spacial score (nSPS) is 10.4. The fraction of sp³-hybridized carbons (Fsp3) is 0.263. The molecule has 0 N–H and O–H groups in total. The van der Waals surface area contributed by atoms with E-state index in [4.69, 9.17) is 16.3 Å². The summed E-state index contributed by atoms with van der Waals surface area (Å²) in [6.45, 7) is 3.88. The van der Waals surface area contributed by atoms with Crippen molar-refractivity contribution in [3.05, 3.63) is 73.8 Å². The van der Waals surface area contributed by atoms with Crippen LogP contribution in [0.5, 0.6) is 0 Å². The van der Waals surface area contributed by atoms with Gasteiger partial charge in [0.2, 0.25) is 0 Å². The second-order valence-electron chi connectivity index (χ2n) is 6.18. The number of carbonyl (C=O) groups is 2. The summed E-state index contributed by atoms with van der Waals surface area (Å²) in [5, 5.41) is 10.8. The van der Waals surface area contributed by atoms with Crippen molar-refractivity contribution < 1.29 is 19.2 Å². The van der Waals surface area contributed by atoms with Gasteiger partial charge in [-0.3, -0.25) is 14.9 Å². The third-order valence-corrected chi connectivity index (χ3v) is 4.36. The first-order valence-corrected chi connectivity index (χ1v) is 8.48. The van der Waals surface area contributed by atoms with E-state index in [0.29, 0.717) is 6.54 Å². The Labute approximate surface area is 161 Å². The van der Waals surface area contributed by atoms with Crippen LogP contribution in [0.1, 0.15) is 27.0 Å². The molecule has 0 saturated heterocycles. The summed E-state index contributed by atoms with van der Waals surface area (Å²) in [7, 11) is 1.61. The summed E-state index contributed by atoms with van der Waals surface area (Å²) < 4.78 is 4.98. The van der Waals surface area contributed by atoms with Crippen LogP contribution in [0.3, 0.4) is 0 Å². The zero-order chi connectivity index (χ0) is 20.1. The lowest BCUT2D eigenvalue weighted by Gasteiger charge is -2.18. The number of carbonyl (C=O) groups excluding carboxylic acids is 2. The molecule has 2 rings (SSSR count). The van der Waals surface area contributed by atoms with Gasteiger partial charge in [-0.05, 0) is 37.1 Å². The highest BCUT2D eigenvalue weighted by molar-refractivity contribution is 6.32. The highest BCUT2D eigenvalue weighted by atomic mass is 35.5. The van der Waals surface area contributed by atoms with E-state index in [1.54, 1.807) is 7.05 Å². The van der Waals surface area contributed by atoms with E-state index in [9.17, 15) is 19.7 Å². The number of nitro groups is 1. The molecule has 7 nitrogen and oxygen atoms in total. The zero-order valence-corrected chi connectivity index (χ0v) is 15.9. The Kier molecular flexibility index (Phi) is 6.52. The molecular weight excluding hydrogens is 372 g/mol. The Morgan fingerprint density at radius 1 is 1.19 bits per heavy atom. The minimum absolute atomic E-state index is 0.0454. The lowest BCUT2D eigenvalue weighted by Crippen LogP contribution is -2.31. The van der Waals surface area contributed by atoms with Gasteiger partial charge < -0.3 is 9.64 Å². The number of amides is 1. The fourth-order valence-electron chi connectivity index (χ4n) is 2.47. The van der Waals surface area contributed by atoms with Crippen molar-refractivity contribution in [2.24, 2.45) is 0 Å². The van der Waals surface area contributed by atoms with Crippen LogP contribution in [0.4, 0.5) is 5.69 Å². The van der Waals surface area contributed by atoms with E-state index >= 15 is 0 Å². The molecule has 0 spiro atoms. The summed E-state index contributed by atoms with van der Waals surface area (Å²) in [5.41, 5.74) is 2.76. The third-order valence-electron chi connectivity index (χ3n) is 4.04. The van der Waals surface area contributed by atoms with Crippen molar-refractivity contribution in [1.82, 2.24) is 4.90 Å². The van der Waals surface area contributed by atoms with Crippen LogP contribution >= 0.6 is 11.6 Å². The van der Waals surface area contributed by atoms with Gasteiger partial charge in [0.25, 0.3) is 11.6 Å². The average molecular weight is 391 g/mol. The van der Waals surface area contributed by atoms with Gasteiger partial charge in [0.1, 0.15) is 5.02 Å². The highest BCUT2D eigenvalue weighted by Crippen LogP contribution is 2.25. The van der Waals surface area contributed by atoms with Gasteiger partial charge in [-0.25, -0.2) is 4.79 Å². The van der Waals surface area contributed by atoms with E-state index < -0.39 is 23.2 Å². The van der Waals surface area contributed by atoms with Crippen molar-refractivity contribution in [2.45, 2.75) is 20.4 Å². The molecule has 142 valence electrons. The maximum Gasteiger partial charge on any atom is 0.338 e. The van der Waals surface area contributed by atoms with Crippen molar-refractivity contribution in [3.63, 3.8) is 0 Å². The maximum absolute atomic E-state index is 12.2. The minimum Gasteiger partial charge on any atom is -0.452 e. The minimum atomic E-state index is -0.831. The average Bonchev–Trinajstić information content (AvgIpc) is 2.61. The smallest absolute Gasteiger partial charge is 0.338 e. The fourth-order valence-corrected chi connectivity index (χ4v) is 2.65. The number of esters is 1.